The molecule has 4 aromatic carbocycles. The van der Waals surface area contributed by atoms with E-state index in [0.717, 1.165) is 36.0 Å². The Morgan fingerprint density at radius 1 is 0.587 bits per heavy atom. The number of carbonyl (C=O) groups is 4. The molecule has 2 aliphatic carbocycles. The minimum absolute atomic E-state index is 0.0164. The normalized spacial score (nSPS) is 26.3. The summed E-state index contributed by atoms with van der Waals surface area (Å²) in [5.41, 5.74) is -0.150. The van der Waals surface area contributed by atoms with Gasteiger partial charge in [-0.25, -0.2) is 9.59 Å². The van der Waals surface area contributed by atoms with Gasteiger partial charge in [-0.05, 0) is 74.8 Å². The number of halogens is 5. The summed E-state index contributed by atoms with van der Waals surface area (Å²) in [6.07, 6.45) is 3.00. The summed E-state index contributed by atoms with van der Waals surface area (Å²) in [6, 6.07) is 24.9. The Morgan fingerprint density at radius 2 is 0.984 bits per heavy atom. The van der Waals surface area contributed by atoms with Gasteiger partial charge >= 0.3 is 23.9 Å². The molecule has 0 aromatic heterocycles. The summed E-state index contributed by atoms with van der Waals surface area (Å²) in [6.45, 7) is 12.0. The summed E-state index contributed by atoms with van der Waals surface area (Å²) in [5.74, 6) is -4.73. The lowest BCUT2D eigenvalue weighted by molar-refractivity contribution is -0.345. The number of hydrogen-bond donors (Lipinski definition) is 0. The lowest BCUT2D eigenvalue weighted by Crippen LogP contribution is -2.59. The van der Waals surface area contributed by atoms with Crippen LogP contribution in [0, 0.1) is 34.5 Å². The van der Waals surface area contributed by atoms with Gasteiger partial charge in [0.15, 0.2) is 5.79 Å². The zero-order valence-electron chi connectivity index (χ0n) is 35.6. The van der Waals surface area contributed by atoms with E-state index in [-0.39, 0.29) is 73.5 Å². The van der Waals surface area contributed by atoms with Crippen molar-refractivity contribution in [2.24, 2.45) is 27.6 Å². The van der Waals surface area contributed by atoms with Crippen molar-refractivity contribution in [3.8, 4) is 0 Å². The predicted molar refractivity (Wildman–Crippen MR) is 239 cm³/mol. The fraction of sp³-hybridized carbons (Fsp3) is 0.417. The number of benzene rings is 4. The molecule has 4 aromatic rings. The van der Waals surface area contributed by atoms with Gasteiger partial charge in [0, 0.05) is 28.0 Å². The van der Waals surface area contributed by atoms with E-state index in [1.807, 2.05) is 60.7 Å². The highest BCUT2D eigenvalue weighted by molar-refractivity contribution is 6.42. The van der Waals surface area contributed by atoms with Crippen LogP contribution in [0.25, 0.3) is 0 Å². The third-order valence-electron chi connectivity index (χ3n) is 13.5. The summed E-state index contributed by atoms with van der Waals surface area (Å²) >= 11 is 30.3. The molecule has 0 N–H and O–H groups in total. The smallest absolute Gasteiger partial charge is 0.348 e. The molecule has 2 heterocycles. The van der Waals surface area contributed by atoms with E-state index < -0.39 is 46.3 Å². The monoisotopic (exact) mass is 958 g/mol. The van der Waals surface area contributed by atoms with Crippen molar-refractivity contribution in [1.29, 1.82) is 0 Å². The van der Waals surface area contributed by atoms with E-state index in [0.29, 0.717) is 5.92 Å². The zero-order chi connectivity index (χ0) is 45.8. The van der Waals surface area contributed by atoms with Crippen LogP contribution in [0.15, 0.2) is 84.9 Å². The average Bonchev–Trinajstić information content (AvgIpc) is 3.55. The molecular formula is C48H47Cl5O10. The number of aryl methyl sites for hydroxylation is 1. The second-order valence-corrected chi connectivity index (χ2v) is 20.1. The van der Waals surface area contributed by atoms with Crippen LogP contribution in [-0.4, -0.2) is 56.1 Å². The number of esters is 4. The maximum absolute atomic E-state index is 13.0. The summed E-state index contributed by atoms with van der Waals surface area (Å²) in [4.78, 5) is 51.1. The standard InChI is InChI=1S/C26H22Cl2O5.C22H25Cl3O5/c1-17-13-20(27)22(21(28)14-17)23(29)33-24(30)25(2)15-31-26(32-16-25,18-9-5-3-6-10-18)19-11-7-4-8-12-19;1-19(2)12-5-6-21(19,4)22(9-12)28-10-20(3,11-29-22)18(27)30-17(26)16-14(24)7-13(23)8-15(16)25/h3-14H,15-16H2,1-2H3;7-8,12H,5-6,9-11H2,1-4H3. The molecule has 8 rings (SSSR count). The van der Waals surface area contributed by atoms with E-state index in [2.05, 4.69) is 20.8 Å². The fourth-order valence-electron chi connectivity index (χ4n) is 9.06. The Morgan fingerprint density at radius 3 is 1.37 bits per heavy atom. The molecule has 2 saturated carbocycles. The number of carbonyl (C=O) groups excluding carboxylic acids is 4. The molecule has 0 radical (unpaired) electrons. The highest BCUT2D eigenvalue weighted by Crippen LogP contribution is 2.71. The molecule has 2 unspecified atom stereocenters. The van der Waals surface area contributed by atoms with E-state index in [9.17, 15) is 19.2 Å². The maximum Gasteiger partial charge on any atom is 0.348 e. The largest absolute Gasteiger partial charge is 0.389 e. The molecule has 10 nitrogen and oxygen atoms in total. The first kappa shape index (κ1) is 47.4. The molecule has 4 fully saturated rings. The lowest BCUT2D eigenvalue weighted by atomic mass is 9.68. The first-order chi connectivity index (χ1) is 29.6. The Labute approximate surface area is 391 Å². The van der Waals surface area contributed by atoms with Gasteiger partial charge < -0.3 is 28.4 Å². The molecule has 15 heteroatoms. The zero-order valence-corrected chi connectivity index (χ0v) is 39.4. The summed E-state index contributed by atoms with van der Waals surface area (Å²) in [5, 5.41) is 0.546. The van der Waals surface area contributed by atoms with Gasteiger partial charge in [0.25, 0.3) is 0 Å². The molecule has 2 aliphatic heterocycles. The first-order valence-corrected chi connectivity index (χ1v) is 22.3. The van der Waals surface area contributed by atoms with Gasteiger partial charge in [-0.2, -0.15) is 0 Å². The van der Waals surface area contributed by atoms with Crippen LogP contribution >= 0.6 is 58.0 Å². The summed E-state index contributed by atoms with van der Waals surface area (Å²) < 4.78 is 35.3. The van der Waals surface area contributed by atoms with Crippen molar-refractivity contribution < 1.29 is 47.6 Å². The van der Waals surface area contributed by atoms with Gasteiger partial charge in [0.2, 0.25) is 5.79 Å². The fourth-order valence-corrected chi connectivity index (χ4v) is 10.8. The third kappa shape index (κ3) is 8.57. The van der Waals surface area contributed by atoms with E-state index in [1.54, 1.807) is 32.9 Å². The van der Waals surface area contributed by atoms with Gasteiger partial charge in [0.1, 0.15) is 10.8 Å². The van der Waals surface area contributed by atoms with Crippen molar-refractivity contribution in [3.63, 3.8) is 0 Å². The summed E-state index contributed by atoms with van der Waals surface area (Å²) in [7, 11) is 0. The predicted octanol–water partition coefficient (Wildman–Crippen LogP) is 11.9. The van der Waals surface area contributed by atoms with Crippen LogP contribution in [0.5, 0.6) is 0 Å². The van der Waals surface area contributed by atoms with Crippen LogP contribution < -0.4 is 0 Å². The van der Waals surface area contributed by atoms with Crippen LogP contribution in [0.4, 0.5) is 0 Å². The molecule has 63 heavy (non-hydrogen) atoms. The van der Waals surface area contributed by atoms with E-state index in [1.165, 1.54) is 12.1 Å². The highest BCUT2D eigenvalue weighted by Gasteiger charge is 2.72. The van der Waals surface area contributed by atoms with Crippen LogP contribution in [0.2, 0.25) is 25.1 Å². The quantitative estimate of drug-likeness (QED) is 0.136. The number of fused-ring (bicyclic) bond motifs is 3. The average molecular weight is 961 g/mol. The van der Waals surface area contributed by atoms with Crippen LogP contribution in [0.1, 0.15) is 91.3 Å². The molecule has 1 spiro atoms. The van der Waals surface area contributed by atoms with Crippen LogP contribution in [-0.2, 0) is 43.8 Å². The Balaban J connectivity index is 0.000000190. The first-order valence-electron chi connectivity index (χ1n) is 20.4. The van der Waals surface area contributed by atoms with Gasteiger partial charge in [-0.3, -0.25) is 9.59 Å². The molecule has 0 amide bonds. The van der Waals surface area contributed by atoms with E-state index >= 15 is 0 Å². The maximum atomic E-state index is 13.0. The molecule has 2 atom stereocenters. The third-order valence-corrected chi connectivity index (χ3v) is 14.9. The number of hydrogen-bond acceptors (Lipinski definition) is 10. The number of rotatable bonds is 6. The van der Waals surface area contributed by atoms with Gasteiger partial charge in [-0.15, -0.1) is 0 Å². The van der Waals surface area contributed by atoms with Gasteiger partial charge in [-0.1, -0.05) is 139 Å². The lowest BCUT2D eigenvalue weighted by Gasteiger charge is -2.52. The highest BCUT2D eigenvalue weighted by atomic mass is 35.5. The minimum atomic E-state index is -1.22. The Hall–Kier alpha value is -3.55. The second-order valence-electron chi connectivity index (χ2n) is 18.1. The Bertz CT molecular complexity index is 2340. The van der Waals surface area contributed by atoms with Crippen LogP contribution in [0.3, 0.4) is 0 Å². The van der Waals surface area contributed by atoms with Gasteiger partial charge in [0.05, 0.1) is 57.6 Å². The number of ether oxygens (including phenoxy) is 6. The molecular weight excluding hydrogens is 914 g/mol. The molecule has 4 aliphatic rings. The van der Waals surface area contributed by atoms with Crippen molar-refractivity contribution in [2.45, 2.75) is 72.4 Å². The topological polar surface area (TPSA) is 124 Å². The van der Waals surface area contributed by atoms with Crippen molar-refractivity contribution in [3.05, 3.63) is 138 Å². The van der Waals surface area contributed by atoms with E-state index in [4.69, 9.17) is 86.4 Å². The van der Waals surface area contributed by atoms with Crippen molar-refractivity contribution in [2.75, 3.05) is 26.4 Å². The Kier molecular flexibility index (Phi) is 13.3. The molecule has 2 saturated heterocycles. The minimum Gasteiger partial charge on any atom is -0.389 e. The van der Waals surface area contributed by atoms with Crippen molar-refractivity contribution in [1.82, 2.24) is 0 Å². The van der Waals surface area contributed by atoms with Crippen molar-refractivity contribution >= 4 is 81.9 Å². The molecule has 334 valence electrons. The second kappa shape index (κ2) is 17.7. The molecule has 2 bridgehead atoms. The SMILES string of the molecule is CC1(C(=O)OC(=O)c2c(Cl)cc(Cl)cc2Cl)COC2(CC3CCC2(C)C3(C)C)OC1.Cc1cc(Cl)c(C(=O)OC(=O)C2(C)COC(c3ccccc3)(c3ccccc3)OC2)c(Cl)c1.